The number of hydrogen-bond donors (Lipinski definition) is 0. The predicted molar refractivity (Wildman–Crippen MR) is 75.2 cm³/mol. The first-order chi connectivity index (χ1) is 8.07. The third-order valence-electron chi connectivity index (χ3n) is 3.72. The quantitative estimate of drug-likeness (QED) is 0.588. The fraction of sp³-hybridized carbons (Fsp3) is 0.294. The highest BCUT2D eigenvalue weighted by Crippen LogP contribution is 2.45. The Balaban J connectivity index is 2.31. The molecule has 86 valence electrons. The van der Waals surface area contributed by atoms with Crippen LogP contribution >= 0.6 is 0 Å². The first kappa shape index (κ1) is 10.6. The Morgan fingerprint density at radius 2 is 1.71 bits per heavy atom. The predicted octanol–water partition coefficient (Wildman–Crippen LogP) is 5.00. The van der Waals surface area contributed by atoms with Crippen molar-refractivity contribution < 1.29 is 0 Å². The molecule has 0 spiro atoms. The molecule has 0 saturated carbocycles. The zero-order valence-electron chi connectivity index (χ0n) is 10.7. The second-order valence-corrected chi connectivity index (χ2v) is 5.99. The van der Waals surface area contributed by atoms with Gasteiger partial charge in [0.1, 0.15) is 0 Å². The van der Waals surface area contributed by atoms with Crippen LogP contribution in [0.4, 0.5) is 0 Å². The standard InChI is InChI=1S/C17H18/c1-17(2,3)15-11-10-13-9-8-12-6-4-5-7-14(12)16(13)15/h4-11,15H,1-3H3. The van der Waals surface area contributed by atoms with Gasteiger partial charge in [-0.3, -0.25) is 0 Å². The molecule has 2 aromatic carbocycles. The minimum absolute atomic E-state index is 0.284. The van der Waals surface area contributed by atoms with Gasteiger partial charge in [-0.05, 0) is 27.3 Å². The summed E-state index contributed by atoms with van der Waals surface area (Å²) < 4.78 is 0. The average molecular weight is 222 g/mol. The second-order valence-electron chi connectivity index (χ2n) is 5.99. The molecule has 0 fully saturated rings. The van der Waals surface area contributed by atoms with Gasteiger partial charge in [0.2, 0.25) is 0 Å². The van der Waals surface area contributed by atoms with Gasteiger partial charge in [0, 0.05) is 5.92 Å². The molecule has 0 aromatic heterocycles. The van der Waals surface area contributed by atoms with Gasteiger partial charge in [-0.1, -0.05) is 69.3 Å². The Hall–Kier alpha value is -1.56. The highest BCUT2D eigenvalue weighted by molar-refractivity contribution is 5.91. The summed E-state index contributed by atoms with van der Waals surface area (Å²) in [7, 11) is 0. The molecule has 1 unspecified atom stereocenters. The molecule has 1 aliphatic rings. The van der Waals surface area contributed by atoms with Crippen molar-refractivity contribution in [2.75, 3.05) is 0 Å². The molecular weight excluding hydrogens is 204 g/mol. The zero-order valence-corrected chi connectivity index (χ0v) is 10.7. The van der Waals surface area contributed by atoms with Gasteiger partial charge in [0.25, 0.3) is 0 Å². The van der Waals surface area contributed by atoms with Crippen LogP contribution in [0.1, 0.15) is 37.8 Å². The van der Waals surface area contributed by atoms with Crippen molar-refractivity contribution in [2.24, 2.45) is 5.41 Å². The number of allylic oxidation sites excluding steroid dienone is 1. The fourth-order valence-corrected chi connectivity index (χ4v) is 2.82. The minimum atomic E-state index is 0.284. The van der Waals surface area contributed by atoms with E-state index in [1.54, 1.807) is 0 Å². The van der Waals surface area contributed by atoms with Crippen LogP contribution in [0.15, 0.2) is 42.5 Å². The van der Waals surface area contributed by atoms with Gasteiger partial charge < -0.3 is 0 Å². The van der Waals surface area contributed by atoms with E-state index >= 15 is 0 Å². The average Bonchev–Trinajstić information content (AvgIpc) is 2.72. The second kappa shape index (κ2) is 3.46. The van der Waals surface area contributed by atoms with E-state index in [0.29, 0.717) is 5.92 Å². The molecule has 0 amide bonds. The summed E-state index contributed by atoms with van der Waals surface area (Å²) in [6, 6.07) is 13.2. The number of fused-ring (bicyclic) bond motifs is 3. The lowest BCUT2D eigenvalue weighted by atomic mass is 9.76. The van der Waals surface area contributed by atoms with E-state index in [0.717, 1.165) is 0 Å². The van der Waals surface area contributed by atoms with Gasteiger partial charge in [-0.2, -0.15) is 0 Å². The lowest BCUT2D eigenvalue weighted by molar-refractivity contribution is 0.371. The van der Waals surface area contributed by atoms with Gasteiger partial charge in [-0.25, -0.2) is 0 Å². The summed E-state index contributed by atoms with van der Waals surface area (Å²) in [5.41, 5.74) is 3.19. The molecule has 0 aliphatic heterocycles. The maximum absolute atomic E-state index is 2.36. The third-order valence-corrected chi connectivity index (χ3v) is 3.72. The van der Waals surface area contributed by atoms with Crippen LogP contribution in [0, 0.1) is 5.41 Å². The van der Waals surface area contributed by atoms with Gasteiger partial charge >= 0.3 is 0 Å². The molecule has 0 heteroatoms. The summed E-state index contributed by atoms with van der Waals surface area (Å²) in [5.74, 6) is 0.531. The number of rotatable bonds is 0. The van der Waals surface area contributed by atoms with Gasteiger partial charge in [-0.15, -0.1) is 0 Å². The maximum Gasteiger partial charge on any atom is 0.00819 e. The Bertz CT molecular complexity index is 597. The van der Waals surface area contributed by atoms with Crippen molar-refractivity contribution >= 4 is 16.8 Å². The largest absolute Gasteiger partial charge is 0.0758 e. The molecule has 17 heavy (non-hydrogen) atoms. The van der Waals surface area contributed by atoms with E-state index in [4.69, 9.17) is 0 Å². The first-order valence-corrected chi connectivity index (χ1v) is 6.27. The Morgan fingerprint density at radius 3 is 2.47 bits per heavy atom. The highest BCUT2D eigenvalue weighted by Gasteiger charge is 2.29. The molecule has 0 nitrogen and oxygen atoms in total. The van der Waals surface area contributed by atoms with E-state index < -0.39 is 0 Å². The van der Waals surface area contributed by atoms with Crippen LogP contribution in [0.2, 0.25) is 0 Å². The van der Waals surface area contributed by atoms with Crippen molar-refractivity contribution in [3.8, 4) is 0 Å². The molecule has 3 rings (SSSR count). The topological polar surface area (TPSA) is 0 Å². The molecule has 0 N–H and O–H groups in total. The summed E-state index contributed by atoms with van der Waals surface area (Å²) in [6.07, 6.45) is 4.63. The monoisotopic (exact) mass is 222 g/mol. The van der Waals surface area contributed by atoms with Crippen molar-refractivity contribution in [2.45, 2.75) is 26.7 Å². The molecule has 1 atom stereocenters. The van der Waals surface area contributed by atoms with Crippen LogP contribution in [-0.4, -0.2) is 0 Å². The zero-order chi connectivity index (χ0) is 12.0. The van der Waals surface area contributed by atoms with Crippen LogP contribution < -0.4 is 0 Å². The van der Waals surface area contributed by atoms with E-state index in [1.807, 2.05) is 0 Å². The molecule has 0 saturated heterocycles. The van der Waals surface area contributed by atoms with Crippen LogP contribution in [-0.2, 0) is 0 Å². The lowest BCUT2D eigenvalue weighted by Gasteiger charge is -2.27. The van der Waals surface area contributed by atoms with Crippen molar-refractivity contribution in [1.82, 2.24) is 0 Å². The van der Waals surface area contributed by atoms with Crippen molar-refractivity contribution in [3.63, 3.8) is 0 Å². The Labute approximate surface area is 103 Å². The minimum Gasteiger partial charge on any atom is -0.0758 e. The van der Waals surface area contributed by atoms with Crippen LogP contribution in [0.25, 0.3) is 16.8 Å². The molecular formula is C17H18. The summed E-state index contributed by atoms with van der Waals surface area (Å²) >= 11 is 0. The number of hydrogen-bond acceptors (Lipinski definition) is 0. The first-order valence-electron chi connectivity index (χ1n) is 6.27. The highest BCUT2D eigenvalue weighted by atomic mass is 14.3. The molecule has 0 heterocycles. The van der Waals surface area contributed by atoms with Gasteiger partial charge in [0.15, 0.2) is 0 Å². The maximum atomic E-state index is 2.36. The van der Waals surface area contributed by atoms with Crippen molar-refractivity contribution in [1.29, 1.82) is 0 Å². The van der Waals surface area contributed by atoms with Crippen molar-refractivity contribution in [3.05, 3.63) is 53.6 Å². The smallest absolute Gasteiger partial charge is 0.00819 e. The van der Waals surface area contributed by atoms with Crippen LogP contribution in [0.3, 0.4) is 0 Å². The fourth-order valence-electron chi connectivity index (χ4n) is 2.82. The molecule has 1 aliphatic carbocycles. The van der Waals surface area contributed by atoms with E-state index in [9.17, 15) is 0 Å². The van der Waals surface area contributed by atoms with E-state index in [1.165, 1.54) is 21.9 Å². The summed E-state index contributed by atoms with van der Waals surface area (Å²) in [4.78, 5) is 0. The molecule has 2 aromatic rings. The third kappa shape index (κ3) is 1.59. The SMILES string of the molecule is CC(C)(C)C1C=Cc2ccc3ccccc3c21. The lowest BCUT2D eigenvalue weighted by Crippen LogP contribution is -2.15. The van der Waals surface area contributed by atoms with Gasteiger partial charge in [0.05, 0.1) is 0 Å². The Kier molecular flexibility index (Phi) is 2.16. The summed E-state index contributed by atoms with van der Waals surface area (Å²) in [5, 5.41) is 2.76. The van der Waals surface area contributed by atoms with E-state index in [-0.39, 0.29) is 5.41 Å². The Morgan fingerprint density at radius 1 is 0.941 bits per heavy atom. The normalized spacial score (nSPS) is 18.6. The molecule has 0 bridgehead atoms. The summed E-state index contributed by atoms with van der Waals surface area (Å²) in [6.45, 7) is 6.96. The van der Waals surface area contributed by atoms with Crippen LogP contribution in [0.5, 0.6) is 0 Å². The molecule has 0 radical (unpaired) electrons. The van der Waals surface area contributed by atoms with E-state index in [2.05, 4.69) is 69.3 Å². The number of benzene rings is 2.